The Bertz CT molecular complexity index is 1100. The molecular weight excluding hydrogens is 457 g/mol. The molecule has 1 fully saturated rings. The first kappa shape index (κ1) is 25.0. The minimum absolute atomic E-state index is 0.137. The summed E-state index contributed by atoms with van der Waals surface area (Å²) in [6, 6.07) is 7.04. The number of piperidine rings is 1. The number of anilines is 1. The minimum Gasteiger partial charge on any atom is -0.356 e. The van der Waals surface area contributed by atoms with E-state index >= 15 is 0 Å². The predicted octanol–water partition coefficient (Wildman–Crippen LogP) is 3.12. The Morgan fingerprint density at radius 1 is 1.15 bits per heavy atom. The van der Waals surface area contributed by atoms with Gasteiger partial charge in [-0.2, -0.15) is 17.5 Å². The number of amides is 1. The third-order valence-corrected chi connectivity index (χ3v) is 7.61. The first-order chi connectivity index (χ1) is 15.4. The van der Waals surface area contributed by atoms with Gasteiger partial charge in [0.25, 0.3) is 0 Å². The van der Waals surface area contributed by atoms with Crippen molar-refractivity contribution in [3.63, 3.8) is 0 Å². The van der Waals surface area contributed by atoms with Crippen LogP contribution in [-0.4, -0.2) is 56.3 Å². The Morgan fingerprint density at radius 2 is 1.82 bits per heavy atom. The summed E-state index contributed by atoms with van der Waals surface area (Å²) in [5, 5.41) is 2.85. The van der Waals surface area contributed by atoms with Crippen molar-refractivity contribution in [1.82, 2.24) is 14.6 Å². The normalized spacial score (nSPS) is 15.7. The lowest BCUT2D eigenvalue weighted by Gasteiger charge is -2.33. The van der Waals surface area contributed by atoms with Crippen molar-refractivity contribution in [1.29, 1.82) is 0 Å². The van der Waals surface area contributed by atoms with Crippen molar-refractivity contribution in [3.8, 4) is 0 Å². The van der Waals surface area contributed by atoms with Crippen molar-refractivity contribution >= 4 is 21.7 Å². The third-order valence-electron chi connectivity index (χ3n) is 5.81. The number of carbonyl (C=O) groups excluding carboxylic acids is 1. The molecule has 3 rings (SSSR count). The van der Waals surface area contributed by atoms with Crippen LogP contribution in [0.1, 0.15) is 29.5 Å². The second-order valence-electron chi connectivity index (χ2n) is 8.24. The number of pyridine rings is 1. The molecule has 1 saturated heterocycles. The molecule has 7 nitrogen and oxygen atoms in total. The number of aryl methyl sites for hydroxylation is 2. The Kier molecular flexibility index (Phi) is 7.32. The highest BCUT2D eigenvalue weighted by Gasteiger charge is 2.31. The molecule has 0 spiro atoms. The van der Waals surface area contributed by atoms with E-state index in [0.29, 0.717) is 31.7 Å². The number of benzene rings is 1. The van der Waals surface area contributed by atoms with Gasteiger partial charge in [-0.3, -0.25) is 4.79 Å². The maximum atomic E-state index is 12.8. The lowest BCUT2D eigenvalue weighted by Crippen LogP contribution is -2.47. The Hall–Kier alpha value is -2.66. The first-order valence-electron chi connectivity index (χ1n) is 10.5. The summed E-state index contributed by atoms with van der Waals surface area (Å²) in [6.07, 6.45) is -2.47. The molecule has 0 bridgehead atoms. The SMILES string of the molecule is Cc1ccc(S(=O)(=O)N(C)CC(=O)NC2CCN(c3ccc(C(F)(F)F)cn3)CC2)cc1C. The number of rotatable bonds is 6. The van der Waals surface area contributed by atoms with Gasteiger partial charge >= 0.3 is 6.18 Å². The van der Waals surface area contributed by atoms with Gasteiger partial charge in [-0.25, -0.2) is 13.4 Å². The van der Waals surface area contributed by atoms with Crippen LogP contribution in [-0.2, 0) is 21.0 Å². The van der Waals surface area contributed by atoms with Crippen molar-refractivity contribution in [3.05, 3.63) is 53.2 Å². The molecule has 0 unspecified atom stereocenters. The second kappa shape index (κ2) is 9.68. The van der Waals surface area contributed by atoms with Crippen LogP contribution in [0.15, 0.2) is 41.4 Å². The van der Waals surface area contributed by atoms with E-state index in [1.54, 1.807) is 12.1 Å². The highest BCUT2D eigenvalue weighted by Crippen LogP contribution is 2.29. The quantitative estimate of drug-likeness (QED) is 0.681. The lowest BCUT2D eigenvalue weighted by atomic mass is 10.0. The van der Waals surface area contributed by atoms with Crippen LogP contribution in [0.4, 0.5) is 19.0 Å². The monoisotopic (exact) mass is 484 g/mol. The van der Waals surface area contributed by atoms with Crippen LogP contribution in [0, 0.1) is 13.8 Å². The number of carbonyl (C=O) groups is 1. The summed E-state index contributed by atoms with van der Waals surface area (Å²) in [5.74, 6) is 0.0445. The number of likely N-dealkylation sites (N-methyl/N-ethyl adjacent to an activating group) is 1. The molecule has 0 saturated carbocycles. The van der Waals surface area contributed by atoms with E-state index in [1.165, 1.54) is 19.2 Å². The van der Waals surface area contributed by atoms with E-state index in [9.17, 15) is 26.4 Å². The summed E-state index contributed by atoms with van der Waals surface area (Å²) in [4.78, 5) is 18.4. The summed E-state index contributed by atoms with van der Waals surface area (Å²) in [6.45, 7) is 4.44. The fourth-order valence-corrected chi connectivity index (χ4v) is 4.82. The maximum absolute atomic E-state index is 12.8. The molecule has 2 aromatic rings. The number of aromatic nitrogens is 1. The zero-order valence-electron chi connectivity index (χ0n) is 18.7. The van der Waals surface area contributed by atoms with Crippen LogP contribution in [0.5, 0.6) is 0 Å². The van der Waals surface area contributed by atoms with Gasteiger partial charge in [-0.05, 0) is 62.1 Å². The number of hydrogen-bond acceptors (Lipinski definition) is 5. The van der Waals surface area contributed by atoms with Crippen LogP contribution in [0.2, 0.25) is 0 Å². The van der Waals surface area contributed by atoms with E-state index in [1.807, 2.05) is 18.7 Å². The van der Waals surface area contributed by atoms with Gasteiger partial charge in [-0.15, -0.1) is 0 Å². The van der Waals surface area contributed by atoms with Gasteiger partial charge in [0.05, 0.1) is 17.0 Å². The topological polar surface area (TPSA) is 82.6 Å². The predicted molar refractivity (Wildman–Crippen MR) is 118 cm³/mol. The van der Waals surface area contributed by atoms with E-state index < -0.39 is 27.7 Å². The number of nitrogens with one attached hydrogen (secondary N) is 1. The van der Waals surface area contributed by atoms with Crippen LogP contribution >= 0.6 is 0 Å². The van der Waals surface area contributed by atoms with Crippen LogP contribution in [0.25, 0.3) is 0 Å². The van der Waals surface area contributed by atoms with E-state index in [4.69, 9.17) is 0 Å². The van der Waals surface area contributed by atoms with Gasteiger partial charge in [0.15, 0.2) is 0 Å². The second-order valence-corrected chi connectivity index (χ2v) is 10.3. The van der Waals surface area contributed by atoms with E-state index in [2.05, 4.69) is 10.3 Å². The van der Waals surface area contributed by atoms with Crippen molar-refractivity contribution in [2.45, 2.75) is 43.8 Å². The molecule has 1 N–H and O–H groups in total. The van der Waals surface area contributed by atoms with Gasteiger partial charge in [-0.1, -0.05) is 6.07 Å². The largest absolute Gasteiger partial charge is 0.417 e. The van der Waals surface area contributed by atoms with Crippen molar-refractivity contribution in [2.75, 3.05) is 31.6 Å². The summed E-state index contributed by atoms with van der Waals surface area (Å²) < 4.78 is 64.6. The fraction of sp³-hybridized carbons (Fsp3) is 0.455. The number of nitrogens with zero attached hydrogens (tertiary/aromatic N) is 3. The van der Waals surface area contributed by atoms with Gasteiger partial charge in [0, 0.05) is 32.4 Å². The summed E-state index contributed by atoms with van der Waals surface area (Å²) in [5.41, 5.74) is 1.03. The average Bonchev–Trinajstić information content (AvgIpc) is 2.75. The third kappa shape index (κ3) is 6.02. The first-order valence-corrected chi connectivity index (χ1v) is 11.9. The molecule has 1 aliphatic rings. The number of halogens is 3. The molecule has 1 aliphatic heterocycles. The van der Waals surface area contributed by atoms with Crippen molar-refractivity contribution in [2.24, 2.45) is 0 Å². The van der Waals surface area contributed by atoms with Crippen LogP contribution < -0.4 is 10.2 Å². The number of sulfonamides is 1. The van der Waals surface area contributed by atoms with Gasteiger partial charge in [0.2, 0.25) is 15.9 Å². The Balaban J connectivity index is 1.52. The molecule has 0 atom stereocenters. The molecule has 11 heteroatoms. The highest BCUT2D eigenvalue weighted by atomic mass is 32.2. The smallest absolute Gasteiger partial charge is 0.356 e. The fourth-order valence-electron chi connectivity index (χ4n) is 3.61. The zero-order valence-corrected chi connectivity index (χ0v) is 19.5. The highest BCUT2D eigenvalue weighted by molar-refractivity contribution is 7.89. The van der Waals surface area contributed by atoms with Crippen LogP contribution in [0.3, 0.4) is 0 Å². The Labute approximate surface area is 191 Å². The molecular formula is C22H27F3N4O3S. The van der Waals surface area contributed by atoms with Gasteiger partial charge in [0.1, 0.15) is 5.82 Å². The minimum atomic E-state index is -4.43. The molecule has 0 aliphatic carbocycles. The molecule has 180 valence electrons. The molecule has 1 aromatic heterocycles. The summed E-state index contributed by atoms with van der Waals surface area (Å²) in [7, 11) is -2.43. The molecule has 33 heavy (non-hydrogen) atoms. The zero-order chi connectivity index (χ0) is 24.4. The Morgan fingerprint density at radius 3 is 2.36 bits per heavy atom. The van der Waals surface area contributed by atoms with Gasteiger partial charge < -0.3 is 10.2 Å². The van der Waals surface area contributed by atoms with E-state index in [-0.39, 0.29) is 17.5 Å². The molecule has 2 heterocycles. The lowest BCUT2D eigenvalue weighted by molar-refractivity contribution is -0.137. The summed E-state index contributed by atoms with van der Waals surface area (Å²) >= 11 is 0. The number of alkyl halides is 3. The molecule has 1 aromatic carbocycles. The average molecular weight is 485 g/mol. The maximum Gasteiger partial charge on any atom is 0.417 e. The molecule has 1 amide bonds. The standard InChI is InChI=1S/C22H27F3N4O3S/c1-15-4-6-19(12-16(15)2)33(31,32)28(3)14-21(30)27-18-8-10-29(11-9-18)20-7-5-17(13-26-20)22(23,24)25/h4-7,12-13,18H,8-11,14H2,1-3H3,(H,27,30). The van der Waals surface area contributed by atoms with Crippen molar-refractivity contribution < 1.29 is 26.4 Å². The molecule has 0 radical (unpaired) electrons. The number of hydrogen-bond donors (Lipinski definition) is 1. The van der Waals surface area contributed by atoms with E-state index in [0.717, 1.165) is 27.7 Å².